The van der Waals surface area contributed by atoms with Gasteiger partial charge in [-0.05, 0) is 30.9 Å². The minimum atomic E-state index is -0.118. The normalized spacial score (nSPS) is 11.8. The molecule has 0 atom stereocenters. The van der Waals surface area contributed by atoms with Gasteiger partial charge >= 0.3 is 0 Å². The molecule has 1 aromatic heterocycles. The van der Waals surface area contributed by atoms with Gasteiger partial charge in [0, 0.05) is 19.0 Å². The summed E-state index contributed by atoms with van der Waals surface area (Å²) in [6.07, 6.45) is 1.96. The van der Waals surface area contributed by atoms with Crippen molar-refractivity contribution in [2.24, 2.45) is 18.2 Å². The van der Waals surface area contributed by atoms with Crippen molar-refractivity contribution >= 4 is 16.8 Å². The Morgan fingerprint density at radius 2 is 2.10 bits per heavy atom. The molecule has 1 aromatic carbocycles. The summed E-state index contributed by atoms with van der Waals surface area (Å²) in [5.74, 6) is -0.118. The lowest BCUT2D eigenvalue weighted by atomic mass is 9.87. The molecular formula is C16H24N4O. The molecule has 0 unspecified atom stereocenters. The van der Waals surface area contributed by atoms with Crippen LogP contribution in [-0.2, 0) is 7.05 Å². The van der Waals surface area contributed by atoms with Crippen LogP contribution in [0.3, 0.4) is 0 Å². The van der Waals surface area contributed by atoms with E-state index < -0.39 is 0 Å². The lowest BCUT2D eigenvalue weighted by Crippen LogP contribution is -2.34. The second kappa shape index (κ2) is 6.26. The average molecular weight is 288 g/mol. The van der Waals surface area contributed by atoms with Crippen molar-refractivity contribution in [3.05, 3.63) is 30.0 Å². The Kier molecular flexibility index (Phi) is 4.63. The largest absolute Gasteiger partial charge is 0.350 e. The lowest BCUT2D eigenvalue weighted by Gasteiger charge is -2.24. The molecule has 2 rings (SSSR count). The Morgan fingerprint density at radius 1 is 1.38 bits per heavy atom. The smallest absolute Gasteiger partial charge is 0.272 e. The summed E-state index contributed by atoms with van der Waals surface area (Å²) in [7, 11) is 1.85. The van der Waals surface area contributed by atoms with Gasteiger partial charge in [-0.3, -0.25) is 9.48 Å². The molecule has 5 nitrogen and oxygen atoms in total. The molecule has 0 aliphatic rings. The number of para-hydroxylation sites is 1. The number of rotatable bonds is 6. The summed E-state index contributed by atoms with van der Waals surface area (Å²) in [5, 5.41) is 8.22. The van der Waals surface area contributed by atoms with Gasteiger partial charge < -0.3 is 11.1 Å². The fourth-order valence-corrected chi connectivity index (χ4v) is 2.45. The zero-order chi connectivity index (χ0) is 15.5. The van der Waals surface area contributed by atoms with Gasteiger partial charge in [-0.1, -0.05) is 32.0 Å². The first-order valence-electron chi connectivity index (χ1n) is 7.34. The molecule has 5 heteroatoms. The SMILES string of the molecule is Cn1nc(C(=O)NCC(C)(C)CCCN)c2ccccc21. The van der Waals surface area contributed by atoms with Gasteiger partial charge in [-0.25, -0.2) is 0 Å². The van der Waals surface area contributed by atoms with Crippen LogP contribution in [0.15, 0.2) is 24.3 Å². The Morgan fingerprint density at radius 3 is 2.81 bits per heavy atom. The second-order valence-electron chi connectivity index (χ2n) is 6.23. The Balaban J connectivity index is 2.09. The minimum absolute atomic E-state index is 0.0413. The van der Waals surface area contributed by atoms with E-state index in [-0.39, 0.29) is 11.3 Å². The molecule has 1 amide bonds. The molecule has 114 valence electrons. The van der Waals surface area contributed by atoms with Crippen molar-refractivity contribution in [1.29, 1.82) is 0 Å². The third kappa shape index (κ3) is 3.61. The Hall–Kier alpha value is -1.88. The highest BCUT2D eigenvalue weighted by atomic mass is 16.1. The number of nitrogens with zero attached hydrogens (tertiary/aromatic N) is 2. The molecule has 3 N–H and O–H groups in total. The number of nitrogens with one attached hydrogen (secondary N) is 1. The molecule has 0 saturated carbocycles. The summed E-state index contributed by atoms with van der Waals surface area (Å²) in [4.78, 5) is 12.4. The van der Waals surface area contributed by atoms with Crippen molar-refractivity contribution in [2.75, 3.05) is 13.1 Å². The molecule has 0 aliphatic heterocycles. The molecule has 0 spiro atoms. The van der Waals surface area contributed by atoms with Gasteiger partial charge in [0.15, 0.2) is 5.69 Å². The van der Waals surface area contributed by atoms with E-state index in [1.807, 2.05) is 31.3 Å². The average Bonchev–Trinajstić information content (AvgIpc) is 2.81. The van der Waals surface area contributed by atoms with Crippen LogP contribution in [0.2, 0.25) is 0 Å². The van der Waals surface area contributed by atoms with Crippen molar-refractivity contribution in [3.63, 3.8) is 0 Å². The van der Waals surface area contributed by atoms with E-state index in [4.69, 9.17) is 5.73 Å². The summed E-state index contributed by atoms with van der Waals surface area (Å²) in [5.41, 5.74) is 7.04. The highest BCUT2D eigenvalue weighted by molar-refractivity contribution is 6.04. The van der Waals surface area contributed by atoms with E-state index in [9.17, 15) is 4.79 Å². The van der Waals surface area contributed by atoms with Crippen LogP contribution in [0.1, 0.15) is 37.2 Å². The number of hydrogen-bond acceptors (Lipinski definition) is 3. The van der Waals surface area contributed by atoms with Crippen LogP contribution >= 0.6 is 0 Å². The standard InChI is InChI=1S/C16H24N4O/c1-16(2,9-6-10-17)11-18-15(21)14-12-7-4-5-8-13(12)20(3)19-14/h4-5,7-8H,6,9-11,17H2,1-3H3,(H,18,21). The number of amides is 1. The van der Waals surface area contributed by atoms with Crippen LogP contribution in [0.25, 0.3) is 10.9 Å². The number of carbonyl (C=O) groups excluding carboxylic acids is 1. The van der Waals surface area contributed by atoms with Crippen molar-refractivity contribution in [1.82, 2.24) is 15.1 Å². The van der Waals surface area contributed by atoms with Gasteiger partial charge in [0.25, 0.3) is 5.91 Å². The van der Waals surface area contributed by atoms with Gasteiger partial charge in [0.05, 0.1) is 5.52 Å². The minimum Gasteiger partial charge on any atom is -0.350 e. The number of fused-ring (bicyclic) bond motifs is 1. The molecule has 21 heavy (non-hydrogen) atoms. The fourth-order valence-electron chi connectivity index (χ4n) is 2.45. The van der Waals surface area contributed by atoms with Crippen molar-refractivity contribution < 1.29 is 4.79 Å². The third-order valence-corrected chi connectivity index (χ3v) is 3.76. The molecule has 0 fully saturated rings. The van der Waals surface area contributed by atoms with Crippen LogP contribution in [0.5, 0.6) is 0 Å². The molecule has 2 aromatic rings. The van der Waals surface area contributed by atoms with Crippen LogP contribution in [-0.4, -0.2) is 28.8 Å². The van der Waals surface area contributed by atoms with Gasteiger partial charge in [-0.2, -0.15) is 5.10 Å². The zero-order valence-corrected chi connectivity index (χ0v) is 13.0. The fraction of sp³-hybridized carbons (Fsp3) is 0.500. The summed E-state index contributed by atoms with van der Waals surface area (Å²) >= 11 is 0. The molecule has 0 bridgehead atoms. The Bertz CT molecular complexity index is 630. The highest BCUT2D eigenvalue weighted by Gasteiger charge is 2.21. The van der Waals surface area contributed by atoms with Crippen LogP contribution < -0.4 is 11.1 Å². The van der Waals surface area contributed by atoms with E-state index in [0.717, 1.165) is 23.7 Å². The van der Waals surface area contributed by atoms with E-state index in [0.29, 0.717) is 18.8 Å². The maximum Gasteiger partial charge on any atom is 0.272 e. The first kappa shape index (κ1) is 15.5. The van der Waals surface area contributed by atoms with Crippen molar-refractivity contribution in [2.45, 2.75) is 26.7 Å². The topological polar surface area (TPSA) is 72.9 Å². The predicted octanol–water partition coefficient (Wildman–Crippen LogP) is 2.07. The molecule has 0 aliphatic carbocycles. The zero-order valence-electron chi connectivity index (χ0n) is 13.0. The maximum absolute atomic E-state index is 12.4. The highest BCUT2D eigenvalue weighted by Crippen LogP contribution is 2.21. The number of aryl methyl sites for hydroxylation is 1. The maximum atomic E-state index is 12.4. The number of hydrogen-bond donors (Lipinski definition) is 2. The number of carbonyl (C=O) groups is 1. The summed E-state index contributed by atoms with van der Waals surface area (Å²) < 4.78 is 1.74. The number of nitrogens with two attached hydrogens (primary N) is 1. The molecular weight excluding hydrogens is 264 g/mol. The predicted molar refractivity (Wildman–Crippen MR) is 85.1 cm³/mol. The van der Waals surface area contributed by atoms with Gasteiger partial charge in [0.1, 0.15) is 0 Å². The third-order valence-electron chi connectivity index (χ3n) is 3.76. The van der Waals surface area contributed by atoms with Gasteiger partial charge in [-0.15, -0.1) is 0 Å². The number of aromatic nitrogens is 2. The first-order chi connectivity index (χ1) is 9.94. The molecule has 0 radical (unpaired) electrons. The Labute approximate surface area is 125 Å². The van der Waals surface area contributed by atoms with E-state index >= 15 is 0 Å². The number of benzene rings is 1. The first-order valence-corrected chi connectivity index (χ1v) is 7.34. The van der Waals surface area contributed by atoms with Crippen molar-refractivity contribution in [3.8, 4) is 0 Å². The van der Waals surface area contributed by atoms with Crippen LogP contribution in [0, 0.1) is 5.41 Å². The summed E-state index contributed by atoms with van der Waals surface area (Å²) in [6.45, 7) is 5.58. The molecule has 1 heterocycles. The second-order valence-corrected chi connectivity index (χ2v) is 6.23. The lowest BCUT2D eigenvalue weighted by molar-refractivity contribution is 0.0930. The monoisotopic (exact) mass is 288 g/mol. The van der Waals surface area contributed by atoms with E-state index in [1.54, 1.807) is 4.68 Å². The van der Waals surface area contributed by atoms with Crippen LogP contribution in [0.4, 0.5) is 0 Å². The van der Waals surface area contributed by atoms with E-state index in [2.05, 4.69) is 24.3 Å². The van der Waals surface area contributed by atoms with Gasteiger partial charge in [0.2, 0.25) is 0 Å². The quantitative estimate of drug-likeness (QED) is 0.854. The van der Waals surface area contributed by atoms with E-state index in [1.165, 1.54) is 0 Å². The summed E-state index contributed by atoms with van der Waals surface area (Å²) in [6, 6.07) is 7.76. The molecule has 0 saturated heterocycles.